The molecule has 13 heteroatoms. The predicted molar refractivity (Wildman–Crippen MR) is 177 cm³/mol. The zero-order valence-corrected chi connectivity index (χ0v) is 28.4. The lowest BCUT2D eigenvalue weighted by Crippen LogP contribution is -2.65. The van der Waals surface area contributed by atoms with Crippen LogP contribution in [0.2, 0.25) is 25.7 Å². The molecule has 1 saturated heterocycles. The van der Waals surface area contributed by atoms with Crippen LogP contribution in [0.15, 0.2) is 37.1 Å². The number of aromatic nitrogens is 7. The van der Waals surface area contributed by atoms with Crippen molar-refractivity contribution in [1.29, 1.82) is 5.26 Å². The van der Waals surface area contributed by atoms with Gasteiger partial charge in [0.15, 0.2) is 0 Å². The van der Waals surface area contributed by atoms with Crippen LogP contribution in [-0.4, -0.2) is 90.8 Å². The molecule has 0 amide bonds. The summed E-state index contributed by atoms with van der Waals surface area (Å²) in [6.45, 7) is 11.8. The highest BCUT2D eigenvalue weighted by atomic mass is 28.3. The van der Waals surface area contributed by atoms with E-state index in [1.54, 1.807) is 6.33 Å². The number of likely N-dealkylation sites (tertiary alicyclic amines) is 1. The Hall–Kier alpha value is -3.70. The van der Waals surface area contributed by atoms with Gasteiger partial charge in [-0.1, -0.05) is 19.6 Å². The van der Waals surface area contributed by atoms with Gasteiger partial charge < -0.3 is 19.1 Å². The van der Waals surface area contributed by atoms with E-state index in [9.17, 15) is 10.4 Å². The van der Waals surface area contributed by atoms with Crippen LogP contribution < -0.4 is 4.74 Å². The lowest BCUT2D eigenvalue weighted by molar-refractivity contribution is -0.0445. The van der Waals surface area contributed by atoms with Crippen LogP contribution in [0.3, 0.4) is 0 Å². The summed E-state index contributed by atoms with van der Waals surface area (Å²) in [6.07, 6.45) is 12.5. The molecule has 0 bridgehead atoms. The Morgan fingerprint density at radius 3 is 2.67 bits per heavy atom. The van der Waals surface area contributed by atoms with Crippen LogP contribution in [-0.2, 0) is 23.4 Å². The molecule has 1 aliphatic heterocycles. The van der Waals surface area contributed by atoms with Gasteiger partial charge in [-0.15, -0.1) is 0 Å². The van der Waals surface area contributed by atoms with E-state index < -0.39 is 8.07 Å². The van der Waals surface area contributed by atoms with Crippen LogP contribution in [0.5, 0.6) is 5.88 Å². The number of fused-ring (bicyclic) bond motifs is 1. The molecule has 4 aromatic heterocycles. The lowest BCUT2D eigenvalue weighted by Gasteiger charge is -2.53. The topological polar surface area (TPSA) is 140 Å². The molecule has 1 aliphatic carbocycles. The molecule has 0 radical (unpaired) electrons. The predicted octanol–water partition coefficient (Wildman–Crippen LogP) is 4.56. The second-order valence-electron chi connectivity index (χ2n) is 14.0. The molecule has 0 aromatic carbocycles. The first kappa shape index (κ1) is 32.2. The Bertz CT molecular complexity index is 1680. The zero-order valence-electron chi connectivity index (χ0n) is 27.4. The van der Waals surface area contributed by atoms with E-state index >= 15 is 0 Å². The number of hydrogen-bond acceptors (Lipinski definition) is 10. The highest BCUT2D eigenvalue weighted by Crippen LogP contribution is 2.39. The second-order valence-corrected chi connectivity index (χ2v) is 19.6. The molecule has 0 spiro atoms. The number of ether oxygens (including phenoxy) is 2. The molecule has 1 saturated carbocycles. The quantitative estimate of drug-likeness (QED) is 0.163. The fourth-order valence-corrected chi connectivity index (χ4v) is 7.39. The van der Waals surface area contributed by atoms with Crippen molar-refractivity contribution >= 4 is 19.1 Å². The van der Waals surface area contributed by atoms with Gasteiger partial charge in [0, 0.05) is 76.2 Å². The number of aryl methyl sites for hydroxylation is 1. The Labute approximate surface area is 271 Å². The van der Waals surface area contributed by atoms with Gasteiger partial charge in [-0.3, -0.25) is 9.58 Å². The summed E-state index contributed by atoms with van der Waals surface area (Å²) in [5, 5.41) is 24.8. The largest absolute Gasteiger partial charge is 0.474 e. The van der Waals surface area contributed by atoms with Gasteiger partial charge in [-0.2, -0.15) is 15.3 Å². The summed E-state index contributed by atoms with van der Waals surface area (Å²) in [4.78, 5) is 20.5. The van der Waals surface area contributed by atoms with E-state index in [1.807, 2.05) is 46.9 Å². The van der Waals surface area contributed by atoms with Crippen LogP contribution >= 0.6 is 0 Å². The summed E-state index contributed by atoms with van der Waals surface area (Å²) < 4.78 is 16.2. The molecule has 46 heavy (non-hydrogen) atoms. The third-order valence-electron chi connectivity index (χ3n) is 9.21. The third-order valence-corrected chi connectivity index (χ3v) is 10.9. The molecular formula is C33H45N9O3Si. The molecule has 2 fully saturated rings. The third kappa shape index (κ3) is 7.15. The molecule has 6 rings (SSSR count). The molecule has 4 aromatic rings. The molecule has 12 nitrogen and oxygen atoms in total. The van der Waals surface area contributed by atoms with Crippen molar-refractivity contribution in [2.75, 3.05) is 26.3 Å². The standard InChI is InChI=1S/C33H45N9O3Si/c1-24-38-26(10-14-43)17-30(39-24)45-28-7-5-27(6-8-28)41-20-33(21-41,11-12-34)42-19-25(18-37-42)31-29-9-13-40(32(29)36-22-35-31)23-44-15-16-46(2,3)4/h9,13,17-19,22,27-28,43H,5-8,10-11,14-16,20-21,23H2,1-4H3. The molecule has 0 unspecified atom stereocenters. The number of hydrogen-bond donors (Lipinski definition) is 1. The Morgan fingerprint density at radius 2 is 1.93 bits per heavy atom. The maximum atomic E-state index is 9.79. The Balaban J connectivity index is 1.07. The van der Waals surface area contributed by atoms with E-state index in [0.29, 0.717) is 37.3 Å². The van der Waals surface area contributed by atoms with Gasteiger partial charge in [0.05, 0.1) is 30.1 Å². The van der Waals surface area contributed by atoms with Crippen molar-refractivity contribution in [2.45, 2.75) is 95.5 Å². The van der Waals surface area contributed by atoms with Gasteiger partial charge in [0.25, 0.3) is 0 Å². The Kier molecular flexibility index (Phi) is 9.51. The molecular weight excluding hydrogens is 599 g/mol. The molecule has 244 valence electrons. The van der Waals surface area contributed by atoms with E-state index in [2.05, 4.69) is 50.5 Å². The zero-order chi connectivity index (χ0) is 32.3. The minimum Gasteiger partial charge on any atom is -0.474 e. The molecule has 5 heterocycles. The summed E-state index contributed by atoms with van der Waals surface area (Å²) in [5.41, 5.74) is 3.04. The highest BCUT2D eigenvalue weighted by molar-refractivity contribution is 6.76. The Morgan fingerprint density at radius 1 is 1.13 bits per heavy atom. The molecule has 0 atom stereocenters. The normalized spacial score (nSPS) is 20.0. The SMILES string of the molecule is Cc1nc(CCO)cc(OC2CCC(N3CC(CC#N)(n4cc(-c5ncnc6c5ccn6COCC[Si](C)(C)C)cn4)C3)CC2)n1. The van der Waals surface area contributed by atoms with Crippen molar-refractivity contribution in [3.63, 3.8) is 0 Å². The van der Waals surface area contributed by atoms with Crippen LogP contribution in [0, 0.1) is 18.3 Å². The average Bonchev–Trinajstić information content (AvgIpc) is 3.65. The first-order chi connectivity index (χ1) is 22.2. The first-order valence-corrected chi connectivity index (χ1v) is 20.0. The summed E-state index contributed by atoms with van der Waals surface area (Å²) in [6, 6.07) is 7.88. The second kappa shape index (κ2) is 13.6. The smallest absolute Gasteiger partial charge is 0.217 e. The summed E-state index contributed by atoms with van der Waals surface area (Å²) in [7, 11) is -1.15. The number of nitrogens with zero attached hydrogens (tertiary/aromatic N) is 9. The first-order valence-electron chi connectivity index (χ1n) is 16.3. The maximum Gasteiger partial charge on any atom is 0.217 e. The van der Waals surface area contributed by atoms with E-state index in [4.69, 9.17) is 14.6 Å². The fourth-order valence-electron chi connectivity index (χ4n) is 6.64. The van der Waals surface area contributed by atoms with Gasteiger partial charge >= 0.3 is 0 Å². The number of aliphatic hydroxyl groups excluding tert-OH is 1. The maximum absolute atomic E-state index is 9.79. The van der Waals surface area contributed by atoms with Crippen LogP contribution in [0.25, 0.3) is 22.3 Å². The summed E-state index contributed by atoms with van der Waals surface area (Å²) in [5.74, 6) is 1.25. The van der Waals surface area contributed by atoms with Gasteiger partial charge in [0.1, 0.15) is 36.2 Å². The highest BCUT2D eigenvalue weighted by Gasteiger charge is 2.48. The van der Waals surface area contributed by atoms with E-state index in [0.717, 1.165) is 79.4 Å². The van der Waals surface area contributed by atoms with Gasteiger partial charge in [-0.05, 0) is 44.7 Å². The fraction of sp³-hybridized carbons (Fsp3) is 0.576. The molecule has 1 N–H and O–H groups in total. The van der Waals surface area contributed by atoms with Crippen molar-refractivity contribution in [3.8, 4) is 23.2 Å². The van der Waals surface area contributed by atoms with Gasteiger partial charge in [0.2, 0.25) is 5.88 Å². The van der Waals surface area contributed by atoms with Crippen LogP contribution in [0.1, 0.15) is 43.6 Å². The minimum absolute atomic E-state index is 0.0531. The monoisotopic (exact) mass is 643 g/mol. The minimum atomic E-state index is -1.15. The lowest BCUT2D eigenvalue weighted by atomic mass is 9.82. The average molecular weight is 644 g/mol. The number of nitriles is 1. The van der Waals surface area contributed by atoms with Crippen molar-refractivity contribution in [1.82, 2.24) is 39.2 Å². The number of aliphatic hydroxyl groups is 1. The summed E-state index contributed by atoms with van der Waals surface area (Å²) >= 11 is 0. The molecule has 2 aliphatic rings. The van der Waals surface area contributed by atoms with Gasteiger partial charge in [-0.25, -0.2) is 15.0 Å². The van der Waals surface area contributed by atoms with E-state index in [1.165, 1.54) is 0 Å². The van der Waals surface area contributed by atoms with Crippen LogP contribution in [0.4, 0.5) is 0 Å². The van der Waals surface area contributed by atoms with Crippen molar-refractivity contribution in [2.24, 2.45) is 0 Å². The van der Waals surface area contributed by atoms with Crippen molar-refractivity contribution < 1.29 is 14.6 Å². The van der Waals surface area contributed by atoms with E-state index in [-0.39, 0.29) is 18.2 Å². The van der Waals surface area contributed by atoms with Crippen molar-refractivity contribution in [3.05, 3.63) is 48.6 Å². The number of rotatable bonds is 13.